The largest absolute Gasteiger partial charge is 0.309 e. The fourth-order valence-electron chi connectivity index (χ4n) is 4.47. The van der Waals surface area contributed by atoms with Crippen LogP contribution in [0.25, 0.3) is 11.0 Å². The molecule has 0 N–H and O–H groups in total. The van der Waals surface area contributed by atoms with Crippen molar-refractivity contribution in [2.75, 3.05) is 20.6 Å². The van der Waals surface area contributed by atoms with Gasteiger partial charge in [-0.05, 0) is 44.1 Å². The van der Waals surface area contributed by atoms with Crippen LogP contribution in [0.4, 0.5) is 0 Å². The molecule has 0 aliphatic heterocycles. The summed E-state index contributed by atoms with van der Waals surface area (Å²) in [6, 6.07) is 41.8. The zero-order valence-corrected chi connectivity index (χ0v) is 19.9. The van der Waals surface area contributed by atoms with Crippen LogP contribution in [0.3, 0.4) is 0 Å². The van der Waals surface area contributed by atoms with Crippen LogP contribution < -0.4 is 10.9 Å². The summed E-state index contributed by atoms with van der Waals surface area (Å²) in [6.45, 7) is 3.30. The average molecular weight is 429 g/mol. The van der Waals surface area contributed by atoms with Gasteiger partial charge in [0.2, 0.25) is 6.71 Å². The first kappa shape index (κ1) is 22.8. The monoisotopic (exact) mass is 429 g/mol. The molecule has 0 fully saturated rings. The maximum absolute atomic E-state index is 2.29. The van der Waals surface area contributed by atoms with Crippen LogP contribution in [0.15, 0.2) is 115 Å². The number of hydrogen-bond acceptors (Lipinski definition) is 1. The van der Waals surface area contributed by atoms with Gasteiger partial charge in [0.25, 0.3) is 0 Å². The van der Waals surface area contributed by atoms with Crippen LogP contribution in [0, 0.1) is 6.92 Å². The van der Waals surface area contributed by atoms with Crippen LogP contribution in [-0.4, -0.2) is 32.3 Å². The Morgan fingerprint density at radius 3 is 1.58 bits per heavy atom. The van der Waals surface area contributed by atoms with Crippen molar-refractivity contribution >= 4 is 28.7 Å². The van der Waals surface area contributed by atoms with Gasteiger partial charge in [-0.3, -0.25) is 0 Å². The average Bonchev–Trinajstić information content (AvgIpc) is 2.86. The minimum Gasteiger partial charge on any atom is -0.309 e. The Labute approximate surface area is 199 Å². The maximum atomic E-state index is 2.29. The summed E-state index contributed by atoms with van der Waals surface area (Å²) in [4.78, 5) is 2.27. The number of benzene rings is 4. The quantitative estimate of drug-likeness (QED) is 0.256. The second-order valence-electron chi connectivity index (χ2n) is 8.93. The molecular formula is C31H32BN. The van der Waals surface area contributed by atoms with Crippen LogP contribution in [0.2, 0.25) is 0 Å². The molecule has 0 saturated heterocycles. The van der Waals surface area contributed by atoms with Crippen molar-refractivity contribution in [3.8, 4) is 0 Å². The molecule has 0 radical (unpaired) electrons. The van der Waals surface area contributed by atoms with Crippen molar-refractivity contribution in [1.29, 1.82) is 0 Å². The van der Waals surface area contributed by atoms with Crippen LogP contribution in [-0.2, 0) is 0 Å². The molecule has 4 aromatic rings. The highest BCUT2D eigenvalue weighted by atomic mass is 15.0. The molecule has 0 unspecified atom stereocenters. The molecular weight excluding hydrogens is 397 g/mol. The Bertz CT molecular complexity index is 1120. The molecule has 0 saturated carbocycles. The lowest BCUT2D eigenvalue weighted by atomic mass is 9.34. The van der Waals surface area contributed by atoms with E-state index in [-0.39, 0.29) is 6.71 Å². The highest BCUT2D eigenvalue weighted by Gasteiger charge is 2.28. The van der Waals surface area contributed by atoms with Crippen molar-refractivity contribution in [3.63, 3.8) is 0 Å². The van der Waals surface area contributed by atoms with Gasteiger partial charge in [0, 0.05) is 6.54 Å². The van der Waals surface area contributed by atoms with Crippen molar-refractivity contribution in [2.45, 2.75) is 13.3 Å². The molecule has 1 nitrogen and oxygen atoms in total. The van der Waals surface area contributed by atoms with Gasteiger partial charge in [-0.15, -0.1) is 0 Å². The first-order valence-electron chi connectivity index (χ1n) is 11.7. The second-order valence-corrected chi connectivity index (χ2v) is 8.93. The topological polar surface area (TPSA) is 3.24 Å². The summed E-state index contributed by atoms with van der Waals surface area (Å²) in [5.74, 6) is 0. The smallest absolute Gasteiger partial charge is 0.242 e. The third-order valence-electron chi connectivity index (χ3n) is 6.17. The fraction of sp³-hybridized carbons (Fsp3) is 0.161. The Morgan fingerprint density at radius 2 is 1.09 bits per heavy atom. The Hall–Kier alpha value is -3.36. The van der Waals surface area contributed by atoms with Crippen LogP contribution >= 0.6 is 0 Å². The molecule has 0 aliphatic carbocycles. The first-order chi connectivity index (χ1) is 16.1. The molecule has 4 rings (SSSR count). The lowest BCUT2D eigenvalue weighted by Gasteiger charge is -2.25. The molecule has 0 amide bonds. The summed E-state index contributed by atoms with van der Waals surface area (Å²) in [5.41, 5.74) is 9.30. The normalized spacial score (nSPS) is 11.9. The van der Waals surface area contributed by atoms with Crippen molar-refractivity contribution < 1.29 is 0 Å². The minimum absolute atomic E-state index is 0.147. The van der Waals surface area contributed by atoms with Gasteiger partial charge in [-0.25, -0.2) is 0 Å². The maximum Gasteiger partial charge on any atom is 0.242 e. The summed E-state index contributed by atoms with van der Waals surface area (Å²) in [6.07, 6.45) is 0.983. The summed E-state index contributed by atoms with van der Waals surface area (Å²) >= 11 is 0. The van der Waals surface area contributed by atoms with Gasteiger partial charge in [0.1, 0.15) is 0 Å². The van der Waals surface area contributed by atoms with E-state index in [0.717, 1.165) is 13.0 Å². The summed E-state index contributed by atoms with van der Waals surface area (Å²) in [7, 11) is 4.31. The van der Waals surface area contributed by atoms with E-state index in [9.17, 15) is 0 Å². The number of nitrogens with zero attached hydrogens (tertiary/aromatic N) is 1. The van der Waals surface area contributed by atoms with E-state index in [2.05, 4.69) is 141 Å². The zero-order valence-electron chi connectivity index (χ0n) is 19.9. The SMILES string of the molecule is Cc1ccc(/C(CCN(C)C)=C(/B(c2ccccc2)c2ccccc2)c2ccccc2)cc1. The van der Waals surface area contributed by atoms with E-state index in [4.69, 9.17) is 0 Å². The van der Waals surface area contributed by atoms with E-state index in [1.54, 1.807) is 0 Å². The molecule has 2 heteroatoms. The van der Waals surface area contributed by atoms with E-state index in [1.807, 2.05) is 0 Å². The molecule has 0 aliphatic rings. The molecule has 0 atom stereocenters. The standard InChI is InChI=1S/C31H32BN/c1-25-19-21-26(22-20-25)30(23-24-33(2)3)31(27-13-7-4-8-14-27)32(28-15-9-5-10-16-28)29-17-11-6-12-18-29/h4-22H,23-24H2,1-3H3/b31-30+. The molecule has 0 aromatic heterocycles. The highest BCUT2D eigenvalue weighted by molar-refractivity contribution is 7.00. The summed E-state index contributed by atoms with van der Waals surface area (Å²) in [5, 5.41) is 0. The Morgan fingerprint density at radius 1 is 0.606 bits per heavy atom. The van der Waals surface area contributed by atoms with E-state index in [0.29, 0.717) is 0 Å². The second kappa shape index (κ2) is 11.0. The molecule has 33 heavy (non-hydrogen) atoms. The van der Waals surface area contributed by atoms with Gasteiger partial charge in [0.05, 0.1) is 0 Å². The third-order valence-corrected chi connectivity index (χ3v) is 6.17. The first-order valence-corrected chi connectivity index (χ1v) is 11.7. The Kier molecular flexibility index (Phi) is 7.60. The lowest BCUT2D eigenvalue weighted by molar-refractivity contribution is 0.419. The van der Waals surface area contributed by atoms with Gasteiger partial charge >= 0.3 is 0 Å². The van der Waals surface area contributed by atoms with Gasteiger partial charge in [-0.1, -0.05) is 137 Å². The van der Waals surface area contributed by atoms with Gasteiger partial charge in [-0.2, -0.15) is 0 Å². The van der Waals surface area contributed by atoms with Crippen molar-refractivity contribution in [3.05, 3.63) is 132 Å². The number of rotatable bonds is 8. The van der Waals surface area contributed by atoms with Crippen LogP contribution in [0.5, 0.6) is 0 Å². The number of hydrogen-bond donors (Lipinski definition) is 0. The summed E-state index contributed by atoms with van der Waals surface area (Å²) < 4.78 is 0. The molecule has 164 valence electrons. The minimum atomic E-state index is 0.147. The van der Waals surface area contributed by atoms with Crippen molar-refractivity contribution in [1.82, 2.24) is 4.90 Å². The molecule has 0 spiro atoms. The van der Waals surface area contributed by atoms with Gasteiger partial charge < -0.3 is 4.90 Å². The van der Waals surface area contributed by atoms with E-state index in [1.165, 1.54) is 38.7 Å². The fourth-order valence-corrected chi connectivity index (χ4v) is 4.47. The van der Waals surface area contributed by atoms with Crippen LogP contribution in [0.1, 0.15) is 23.1 Å². The van der Waals surface area contributed by atoms with E-state index >= 15 is 0 Å². The zero-order chi connectivity index (χ0) is 23.0. The molecule has 0 bridgehead atoms. The molecule has 4 aromatic carbocycles. The highest BCUT2D eigenvalue weighted by Crippen LogP contribution is 2.31. The predicted molar refractivity (Wildman–Crippen MR) is 146 cm³/mol. The third kappa shape index (κ3) is 5.72. The lowest BCUT2D eigenvalue weighted by Crippen LogP contribution is -2.44. The number of aryl methyl sites for hydroxylation is 1. The Balaban J connectivity index is 2.03. The van der Waals surface area contributed by atoms with Crippen molar-refractivity contribution in [2.24, 2.45) is 0 Å². The predicted octanol–water partition coefficient (Wildman–Crippen LogP) is 5.71. The molecule has 0 heterocycles. The van der Waals surface area contributed by atoms with E-state index < -0.39 is 0 Å². The van der Waals surface area contributed by atoms with Gasteiger partial charge in [0.15, 0.2) is 0 Å².